The first kappa shape index (κ1) is 16.4. The van der Waals surface area contributed by atoms with E-state index in [-0.39, 0.29) is 18.0 Å². The second kappa shape index (κ2) is 6.01. The molecule has 0 unspecified atom stereocenters. The largest absolute Gasteiger partial charge is 0.369 e. The molecule has 0 aliphatic rings. The highest BCUT2D eigenvalue weighted by Crippen LogP contribution is 2.34. The van der Waals surface area contributed by atoms with Crippen molar-refractivity contribution in [3.63, 3.8) is 0 Å². The van der Waals surface area contributed by atoms with Crippen LogP contribution in [0.1, 0.15) is 6.92 Å². The average Bonchev–Trinajstić information content (AvgIpc) is 2.78. The van der Waals surface area contributed by atoms with Gasteiger partial charge in [-0.25, -0.2) is 4.98 Å². The molecule has 0 aromatic carbocycles. The Hall–Kier alpha value is -2.00. The summed E-state index contributed by atoms with van der Waals surface area (Å²) in [4.78, 5) is 39.5. The fraction of sp³-hybridized carbons (Fsp3) is 0.364. The van der Waals surface area contributed by atoms with E-state index >= 15 is 0 Å². The number of nitrogen functional groups attached to an aromatic ring is 1. The lowest BCUT2D eigenvalue weighted by atomic mass is 10.2. The van der Waals surface area contributed by atoms with Crippen molar-refractivity contribution in [2.24, 2.45) is 0 Å². The summed E-state index contributed by atoms with van der Waals surface area (Å²) in [6, 6.07) is 0. The van der Waals surface area contributed by atoms with E-state index in [1.54, 1.807) is 11.5 Å². The zero-order chi connectivity index (χ0) is 16.5. The lowest BCUT2D eigenvalue weighted by Crippen LogP contribution is -2.17. The monoisotopic (exact) mass is 329 g/mol. The van der Waals surface area contributed by atoms with E-state index in [0.29, 0.717) is 11.2 Å². The lowest BCUT2D eigenvalue weighted by Gasteiger charge is -2.16. The van der Waals surface area contributed by atoms with Gasteiger partial charge in [0, 0.05) is 6.54 Å². The molecule has 10 nitrogen and oxygen atoms in total. The van der Waals surface area contributed by atoms with Crippen LogP contribution in [0.5, 0.6) is 0 Å². The molecule has 2 aromatic rings. The minimum Gasteiger partial charge on any atom is -0.369 e. The Balaban J connectivity index is 2.15. The van der Waals surface area contributed by atoms with Crippen molar-refractivity contribution >= 4 is 24.7 Å². The topological polar surface area (TPSA) is 156 Å². The number of nitrogens with zero attached hydrogens (tertiary/aromatic N) is 3. The van der Waals surface area contributed by atoms with Crippen LogP contribution >= 0.6 is 7.60 Å². The summed E-state index contributed by atoms with van der Waals surface area (Å²) in [6.07, 6.45) is 0.125. The zero-order valence-electron chi connectivity index (χ0n) is 11.8. The van der Waals surface area contributed by atoms with Gasteiger partial charge in [-0.3, -0.25) is 14.3 Å². The third kappa shape index (κ3) is 3.80. The highest BCUT2D eigenvalue weighted by atomic mass is 31.2. The van der Waals surface area contributed by atoms with Gasteiger partial charge in [-0.1, -0.05) is 6.58 Å². The number of ether oxygens (including phenoxy) is 1. The van der Waals surface area contributed by atoms with Crippen molar-refractivity contribution in [2.45, 2.75) is 19.6 Å². The average molecular weight is 329 g/mol. The Labute approximate surface area is 124 Å². The summed E-state index contributed by atoms with van der Waals surface area (Å²) in [5.41, 5.74) is 6.03. The standard InChI is InChI=1S/C11H16N5O5P/c1-6(7(2)21-5-22(18,19)20)3-16-4-13-8-9(16)14-11(12)15-10(8)17/h4,7H,1,3,5H2,2H3,(H2,18,19,20)(H3,12,14,15,17)/t7-/m1/s1. The molecule has 0 saturated heterocycles. The number of aromatic amines is 1. The highest BCUT2D eigenvalue weighted by molar-refractivity contribution is 7.51. The Kier molecular flexibility index (Phi) is 4.47. The van der Waals surface area contributed by atoms with E-state index in [4.69, 9.17) is 20.3 Å². The van der Waals surface area contributed by atoms with Crippen LogP contribution in [0.2, 0.25) is 0 Å². The third-order valence-corrected chi connectivity index (χ3v) is 3.42. The molecule has 0 saturated carbocycles. The van der Waals surface area contributed by atoms with Crippen molar-refractivity contribution < 1.29 is 19.1 Å². The third-order valence-electron chi connectivity index (χ3n) is 2.93. The van der Waals surface area contributed by atoms with Crippen LogP contribution < -0.4 is 11.3 Å². The smallest absolute Gasteiger partial charge is 0.351 e. The molecule has 11 heteroatoms. The molecule has 0 spiro atoms. The number of hydrogen-bond donors (Lipinski definition) is 4. The number of imidazole rings is 1. The number of aromatic nitrogens is 4. The van der Waals surface area contributed by atoms with Gasteiger partial charge in [0.25, 0.3) is 5.56 Å². The fourth-order valence-corrected chi connectivity index (χ4v) is 2.18. The number of H-pyrrole nitrogens is 1. The van der Waals surface area contributed by atoms with Crippen LogP contribution in [0.3, 0.4) is 0 Å². The summed E-state index contributed by atoms with van der Waals surface area (Å²) in [5.74, 6) is -0.0318. The molecule has 0 aliphatic heterocycles. The van der Waals surface area contributed by atoms with Gasteiger partial charge in [0.2, 0.25) is 5.95 Å². The van der Waals surface area contributed by atoms with E-state index in [0.717, 1.165) is 0 Å². The molecule has 22 heavy (non-hydrogen) atoms. The van der Waals surface area contributed by atoms with E-state index in [1.165, 1.54) is 6.33 Å². The van der Waals surface area contributed by atoms with Crippen LogP contribution in [0.25, 0.3) is 11.2 Å². The SMILES string of the molecule is C=C(Cn1cnc2c(=O)[nH]c(N)nc21)[C@@H](C)OCP(=O)(O)O. The first-order chi connectivity index (χ1) is 10.2. The van der Waals surface area contributed by atoms with Crippen LogP contribution in [-0.2, 0) is 15.8 Å². The molecule has 2 heterocycles. The summed E-state index contributed by atoms with van der Waals surface area (Å²) in [7, 11) is -4.24. The van der Waals surface area contributed by atoms with Crippen molar-refractivity contribution in [2.75, 3.05) is 12.1 Å². The first-order valence-electron chi connectivity index (χ1n) is 6.22. The van der Waals surface area contributed by atoms with Gasteiger partial charge in [0.1, 0.15) is 6.35 Å². The fourth-order valence-electron chi connectivity index (χ4n) is 1.76. The van der Waals surface area contributed by atoms with Gasteiger partial charge in [-0.2, -0.15) is 4.98 Å². The number of rotatable bonds is 6. The van der Waals surface area contributed by atoms with Gasteiger partial charge in [0.05, 0.1) is 12.4 Å². The maximum atomic E-state index is 11.7. The maximum Gasteiger partial charge on any atom is 0.351 e. The minimum absolute atomic E-state index is 0.0318. The Morgan fingerprint density at radius 2 is 2.32 bits per heavy atom. The molecule has 2 rings (SSSR count). The Morgan fingerprint density at radius 1 is 1.64 bits per heavy atom. The number of nitrogens with one attached hydrogen (secondary N) is 1. The van der Waals surface area contributed by atoms with Gasteiger partial charge >= 0.3 is 7.60 Å². The van der Waals surface area contributed by atoms with Gasteiger partial charge in [-0.05, 0) is 12.5 Å². The molecule has 5 N–H and O–H groups in total. The summed E-state index contributed by atoms with van der Waals surface area (Å²) in [5, 5.41) is 0. The van der Waals surface area contributed by atoms with E-state index in [2.05, 4.69) is 21.5 Å². The minimum atomic E-state index is -4.24. The summed E-state index contributed by atoms with van der Waals surface area (Å²) in [6.45, 7) is 5.64. The normalized spacial score (nSPS) is 13.4. The van der Waals surface area contributed by atoms with Crippen molar-refractivity contribution in [1.82, 2.24) is 19.5 Å². The van der Waals surface area contributed by atoms with Crippen LogP contribution in [-0.4, -0.2) is 41.8 Å². The predicted octanol–water partition coefficient (Wildman–Crippen LogP) is -0.202. The van der Waals surface area contributed by atoms with Crippen LogP contribution in [0, 0.1) is 0 Å². The molecule has 120 valence electrons. The zero-order valence-corrected chi connectivity index (χ0v) is 12.7. The van der Waals surface area contributed by atoms with Gasteiger partial charge < -0.3 is 24.8 Å². The highest BCUT2D eigenvalue weighted by Gasteiger charge is 2.18. The van der Waals surface area contributed by atoms with Gasteiger partial charge in [0.15, 0.2) is 11.2 Å². The van der Waals surface area contributed by atoms with Crippen LogP contribution in [0.4, 0.5) is 5.95 Å². The lowest BCUT2D eigenvalue weighted by molar-refractivity contribution is 0.110. The Morgan fingerprint density at radius 3 is 2.95 bits per heavy atom. The second-order valence-corrected chi connectivity index (χ2v) is 6.34. The summed E-state index contributed by atoms with van der Waals surface area (Å²) < 4.78 is 17.4. The predicted molar refractivity (Wildman–Crippen MR) is 79.2 cm³/mol. The molecule has 1 atom stereocenters. The van der Waals surface area contributed by atoms with E-state index < -0.39 is 25.6 Å². The van der Waals surface area contributed by atoms with E-state index in [1.807, 2.05) is 0 Å². The first-order valence-corrected chi connectivity index (χ1v) is 8.01. The number of nitrogens with two attached hydrogens (primary N) is 1. The van der Waals surface area contributed by atoms with Crippen molar-refractivity contribution in [3.8, 4) is 0 Å². The Bertz CT molecular complexity index is 807. The van der Waals surface area contributed by atoms with E-state index in [9.17, 15) is 9.36 Å². The van der Waals surface area contributed by atoms with Crippen LogP contribution in [0.15, 0.2) is 23.3 Å². The van der Waals surface area contributed by atoms with Gasteiger partial charge in [-0.15, -0.1) is 0 Å². The number of anilines is 1. The number of fused-ring (bicyclic) bond motifs is 1. The molecular weight excluding hydrogens is 313 g/mol. The summed E-state index contributed by atoms with van der Waals surface area (Å²) >= 11 is 0. The molecule has 0 aliphatic carbocycles. The second-order valence-electron chi connectivity index (χ2n) is 4.76. The van der Waals surface area contributed by atoms with Crippen molar-refractivity contribution in [1.29, 1.82) is 0 Å². The number of hydrogen-bond acceptors (Lipinski definition) is 6. The molecule has 0 fully saturated rings. The molecule has 0 amide bonds. The molecule has 0 bridgehead atoms. The maximum absolute atomic E-state index is 11.7. The molecule has 2 aromatic heterocycles. The molecule has 0 radical (unpaired) electrons. The van der Waals surface area contributed by atoms with Crippen molar-refractivity contribution in [3.05, 3.63) is 28.8 Å². The quantitative estimate of drug-likeness (QED) is 0.419. The molecular formula is C11H16N5O5P.